The predicted octanol–water partition coefficient (Wildman–Crippen LogP) is 3.46. The van der Waals surface area contributed by atoms with E-state index >= 15 is 0 Å². The first-order chi connectivity index (χ1) is 12.0. The number of carbonyl (C=O) groups excluding carboxylic acids is 1. The minimum Gasteiger partial charge on any atom is -0.462 e. The van der Waals surface area contributed by atoms with Crippen molar-refractivity contribution in [2.45, 2.75) is 85.0 Å². The van der Waals surface area contributed by atoms with Crippen LogP contribution in [0.25, 0.3) is 0 Å². The summed E-state index contributed by atoms with van der Waals surface area (Å²) in [6.07, 6.45) is 5.73. The van der Waals surface area contributed by atoms with Gasteiger partial charge >= 0.3 is 5.97 Å². The van der Waals surface area contributed by atoms with E-state index in [2.05, 4.69) is 33.8 Å². The van der Waals surface area contributed by atoms with Crippen molar-refractivity contribution in [1.82, 2.24) is 0 Å². The molecule has 0 unspecified atom stereocenters. The van der Waals surface area contributed by atoms with Crippen molar-refractivity contribution in [1.29, 1.82) is 0 Å². The number of hydrogen-bond acceptors (Lipinski definition) is 4. The summed E-state index contributed by atoms with van der Waals surface area (Å²) in [6, 6.07) is 0. The standard InChI is InChI=1S/C22H34O4/c1-12-11-22-9-6-15-20(3,4)8-7-17(26-13(2)23)21(15,5)16(22)10-14(24)18(12)19(22)25/h11,14-19,24-25H,6-10H2,1-5H3/t14-,15-,16+,17+,18-,19-,21-,22+/m1/s1. The maximum Gasteiger partial charge on any atom is 0.302 e. The van der Waals surface area contributed by atoms with E-state index in [4.69, 9.17) is 4.74 Å². The minimum absolute atomic E-state index is 0.129. The number of carbonyl (C=O) groups is 1. The average molecular weight is 363 g/mol. The molecule has 4 rings (SSSR count). The quantitative estimate of drug-likeness (QED) is 0.554. The van der Waals surface area contributed by atoms with E-state index < -0.39 is 12.2 Å². The van der Waals surface area contributed by atoms with Crippen molar-refractivity contribution in [3.63, 3.8) is 0 Å². The van der Waals surface area contributed by atoms with Crippen molar-refractivity contribution in [2.24, 2.45) is 34.0 Å². The molecular weight excluding hydrogens is 328 g/mol. The zero-order valence-corrected chi connectivity index (χ0v) is 16.8. The SMILES string of the molecule is CC(=O)O[C@H]1CCC(C)(C)[C@H]2CC[C@]34C=C(C)[C@H]([C@H](O)C[C@H]3[C@]12C)[C@H]4O. The van der Waals surface area contributed by atoms with Gasteiger partial charge < -0.3 is 14.9 Å². The molecule has 4 aliphatic carbocycles. The predicted molar refractivity (Wildman–Crippen MR) is 99.2 cm³/mol. The molecule has 4 nitrogen and oxygen atoms in total. The molecule has 8 atom stereocenters. The van der Waals surface area contributed by atoms with Crippen LogP contribution in [0, 0.1) is 34.0 Å². The zero-order valence-electron chi connectivity index (χ0n) is 16.8. The molecule has 146 valence electrons. The largest absolute Gasteiger partial charge is 0.462 e. The van der Waals surface area contributed by atoms with Gasteiger partial charge in [-0.25, -0.2) is 0 Å². The second-order valence-electron chi connectivity index (χ2n) is 10.4. The van der Waals surface area contributed by atoms with Gasteiger partial charge in [0.1, 0.15) is 6.10 Å². The molecule has 0 aromatic heterocycles. The van der Waals surface area contributed by atoms with Crippen molar-refractivity contribution in [3.8, 4) is 0 Å². The first-order valence-electron chi connectivity index (χ1n) is 10.3. The number of esters is 1. The van der Waals surface area contributed by atoms with Gasteiger partial charge in [-0.2, -0.15) is 0 Å². The molecule has 0 radical (unpaired) electrons. The second-order valence-corrected chi connectivity index (χ2v) is 10.4. The van der Waals surface area contributed by atoms with Crippen molar-refractivity contribution in [3.05, 3.63) is 11.6 Å². The molecule has 3 fully saturated rings. The number of ether oxygens (including phenoxy) is 1. The Balaban J connectivity index is 1.84. The number of aliphatic hydroxyl groups is 2. The van der Waals surface area contributed by atoms with Gasteiger partial charge in [0.25, 0.3) is 0 Å². The molecule has 0 aromatic carbocycles. The number of fused-ring (bicyclic) bond motifs is 3. The summed E-state index contributed by atoms with van der Waals surface area (Å²) >= 11 is 0. The first-order valence-corrected chi connectivity index (χ1v) is 10.3. The summed E-state index contributed by atoms with van der Waals surface area (Å²) in [6.45, 7) is 10.5. The fourth-order valence-corrected chi connectivity index (χ4v) is 7.85. The van der Waals surface area contributed by atoms with Crippen LogP contribution in [-0.2, 0) is 9.53 Å². The molecule has 4 aliphatic rings. The zero-order chi connectivity index (χ0) is 19.1. The Morgan fingerprint density at radius 1 is 1.15 bits per heavy atom. The molecule has 0 amide bonds. The van der Waals surface area contributed by atoms with Gasteiger partial charge in [-0.05, 0) is 56.3 Å². The molecular formula is C22H34O4. The van der Waals surface area contributed by atoms with E-state index in [1.54, 1.807) is 0 Å². The van der Waals surface area contributed by atoms with Gasteiger partial charge in [0.15, 0.2) is 0 Å². The Bertz CT molecular complexity index is 653. The summed E-state index contributed by atoms with van der Waals surface area (Å²) in [5.74, 6) is 0.211. The number of aliphatic hydroxyl groups excluding tert-OH is 2. The first kappa shape index (κ1) is 18.5. The third-order valence-electron chi connectivity index (χ3n) is 8.82. The molecule has 4 heteroatoms. The highest BCUT2D eigenvalue weighted by atomic mass is 16.5. The van der Waals surface area contributed by atoms with Crippen LogP contribution < -0.4 is 0 Å². The van der Waals surface area contributed by atoms with E-state index in [1.165, 1.54) is 6.92 Å². The lowest BCUT2D eigenvalue weighted by molar-refractivity contribution is -0.235. The summed E-state index contributed by atoms with van der Waals surface area (Å²) in [5.41, 5.74) is 0.815. The van der Waals surface area contributed by atoms with E-state index in [1.807, 2.05) is 0 Å². The highest BCUT2D eigenvalue weighted by Crippen LogP contribution is 2.70. The van der Waals surface area contributed by atoms with E-state index in [0.29, 0.717) is 12.3 Å². The Labute approximate surface area is 157 Å². The molecule has 0 saturated heterocycles. The average Bonchev–Trinajstić information content (AvgIpc) is 2.68. The molecule has 1 spiro atoms. The fraction of sp³-hybridized carbons (Fsp3) is 0.864. The number of hydrogen-bond donors (Lipinski definition) is 2. The second kappa shape index (κ2) is 5.57. The highest BCUT2D eigenvalue weighted by molar-refractivity contribution is 5.66. The van der Waals surface area contributed by atoms with Crippen LogP contribution in [-0.4, -0.2) is 34.5 Å². The van der Waals surface area contributed by atoms with Gasteiger partial charge in [-0.1, -0.05) is 32.4 Å². The highest BCUT2D eigenvalue weighted by Gasteiger charge is 2.69. The van der Waals surface area contributed by atoms with Crippen LogP contribution in [0.2, 0.25) is 0 Å². The molecule has 2 N–H and O–H groups in total. The molecule has 3 saturated carbocycles. The third kappa shape index (κ3) is 2.18. The monoisotopic (exact) mass is 362 g/mol. The normalized spacial score (nSPS) is 51.9. The molecule has 0 aromatic rings. The van der Waals surface area contributed by atoms with Crippen LogP contribution in [0.15, 0.2) is 11.6 Å². The lowest BCUT2D eigenvalue weighted by Gasteiger charge is -2.66. The lowest BCUT2D eigenvalue weighted by atomic mass is 9.39. The van der Waals surface area contributed by atoms with Crippen LogP contribution in [0.5, 0.6) is 0 Å². The van der Waals surface area contributed by atoms with Crippen molar-refractivity contribution in [2.75, 3.05) is 0 Å². The topological polar surface area (TPSA) is 66.8 Å². The minimum atomic E-state index is -0.517. The fourth-order valence-electron chi connectivity index (χ4n) is 7.85. The summed E-state index contributed by atoms with van der Waals surface area (Å²) < 4.78 is 5.88. The van der Waals surface area contributed by atoms with Gasteiger partial charge in [-0.3, -0.25) is 4.79 Å². The molecule has 0 heterocycles. The van der Waals surface area contributed by atoms with Crippen molar-refractivity contribution >= 4 is 5.97 Å². The van der Waals surface area contributed by atoms with Crippen molar-refractivity contribution < 1.29 is 19.7 Å². The third-order valence-corrected chi connectivity index (χ3v) is 8.82. The van der Waals surface area contributed by atoms with Crippen LogP contribution >= 0.6 is 0 Å². The van der Waals surface area contributed by atoms with E-state index in [9.17, 15) is 15.0 Å². The van der Waals surface area contributed by atoms with Gasteiger partial charge in [0, 0.05) is 23.7 Å². The molecule has 2 bridgehead atoms. The van der Waals surface area contributed by atoms with Crippen LogP contribution in [0.4, 0.5) is 0 Å². The van der Waals surface area contributed by atoms with Gasteiger partial charge in [0.05, 0.1) is 12.2 Å². The number of rotatable bonds is 1. The van der Waals surface area contributed by atoms with E-state index in [0.717, 1.165) is 31.3 Å². The van der Waals surface area contributed by atoms with Crippen LogP contribution in [0.1, 0.15) is 66.7 Å². The summed E-state index contributed by atoms with van der Waals surface area (Å²) in [4.78, 5) is 11.9. The Kier molecular flexibility index (Phi) is 3.96. The maximum absolute atomic E-state index is 11.9. The molecule has 0 aliphatic heterocycles. The van der Waals surface area contributed by atoms with Gasteiger partial charge in [0.2, 0.25) is 0 Å². The Hall–Kier alpha value is -0.870. The van der Waals surface area contributed by atoms with Crippen LogP contribution in [0.3, 0.4) is 0 Å². The van der Waals surface area contributed by atoms with Gasteiger partial charge in [-0.15, -0.1) is 0 Å². The molecule has 26 heavy (non-hydrogen) atoms. The maximum atomic E-state index is 11.9. The summed E-state index contributed by atoms with van der Waals surface area (Å²) in [7, 11) is 0. The van der Waals surface area contributed by atoms with E-state index in [-0.39, 0.29) is 40.2 Å². The Morgan fingerprint density at radius 2 is 1.85 bits per heavy atom. The smallest absolute Gasteiger partial charge is 0.302 e. The lowest BCUT2D eigenvalue weighted by Crippen LogP contribution is -2.66. The Morgan fingerprint density at radius 3 is 2.50 bits per heavy atom. The summed E-state index contributed by atoms with van der Waals surface area (Å²) in [5, 5.41) is 22.1.